The summed E-state index contributed by atoms with van der Waals surface area (Å²) < 4.78 is 1.86. The minimum absolute atomic E-state index is 0.0217. The van der Waals surface area contributed by atoms with Crippen LogP contribution in [0.25, 0.3) is 0 Å². The van der Waals surface area contributed by atoms with Crippen LogP contribution in [0.1, 0.15) is 46.3 Å². The molecule has 0 bridgehead atoms. The van der Waals surface area contributed by atoms with Gasteiger partial charge in [-0.05, 0) is 0 Å². The number of hydrogen-bond donors (Lipinski definition) is 1. The van der Waals surface area contributed by atoms with Crippen LogP contribution in [0.2, 0.25) is 0 Å². The van der Waals surface area contributed by atoms with E-state index in [1.54, 1.807) is 0 Å². The molecule has 0 amide bonds. The van der Waals surface area contributed by atoms with Crippen molar-refractivity contribution in [1.82, 2.24) is 20.1 Å². The zero-order valence-corrected chi connectivity index (χ0v) is 10.6. The van der Waals surface area contributed by atoms with Gasteiger partial charge in [0.2, 0.25) is 0 Å². The molecule has 1 N–H and O–H groups in total. The second-order valence-electron chi connectivity index (χ2n) is 5.26. The van der Waals surface area contributed by atoms with Crippen LogP contribution in [-0.4, -0.2) is 20.8 Å². The van der Waals surface area contributed by atoms with Gasteiger partial charge in [0.15, 0.2) is 5.82 Å². The Kier molecular flexibility index (Phi) is 3.50. The topological polar surface area (TPSA) is 42.7 Å². The molecule has 1 aromatic rings. The molecule has 1 rings (SSSR count). The second kappa shape index (κ2) is 4.31. The molecule has 0 aliphatic heterocycles. The smallest absolute Gasteiger partial charge is 0.156 e. The maximum atomic E-state index is 4.54. The summed E-state index contributed by atoms with van der Waals surface area (Å²) in [4.78, 5) is 4.54. The van der Waals surface area contributed by atoms with Crippen molar-refractivity contribution >= 4 is 0 Å². The number of aromatic nitrogens is 3. The molecule has 1 aromatic heterocycles. The Bertz CT molecular complexity index is 320. The Balaban J connectivity index is 2.78. The van der Waals surface area contributed by atoms with E-state index in [0.717, 1.165) is 18.2 Å². The minimum Gasteiger partial charge on any atom is -0.308 e. The number of nitrogens with one attached hydrogen (secondary N) is 1. The zero-order chi connectivity index (χ0) is 11.6. The van der Waals surface area contributed by atoms with Crippen LogP contribution >= 0.6 is 0 Å². The summed E-state index contributed by atoms with van der Waals surface area (Å²) in [6.45, 7) is 11.4. The molecule has 0 radical (unpaired) electrons. The van der Waals surface area contributed by atoms with Gasteiger partial charge in [-0.1, -0.05) is 34.6 Å². The van der Waals surface area contributed by atoms with Gasteiger partial charge in [-0.25, -0.2) is 4.98 Å². The highest BCUT2D eigenvalue weighted by Gasteiger charge is 2.20. The van der Waals surface area contributed by atoms with Crippen molar-refractivity contribution < 1.29 is 0 Å². The molecule has 0 saturated heterocycles. The molecule has 1 heterocycles. The lowest BCUT2D eigenvalue weighted by atomic mass is 9.96. The maximum absolute atomic E-state index is 4.54. The van der Waals surface area contributed by atoms with E-state index in [9.17, 15) is 0 Å². The third kappa shape index (κ3) is 3.30. The third-order valence-corrected chi connectivity index (χ3v) is 2.19. The van der Waals surface area contributed by atoms with E-state index in [-0.39, 0.29) is 5.41 Å². The molecular formula is C11H22N4. The quantitative estimate of drug-likeness (QED) is 0.824. The van der Waals surface area contributed by atoms with Gasteiger partial charge in [-0.3, -0.25) is 4.68 Å². The van der Waals surface area contributed by atoms with Gasteiger partial charge in [0.1, 0.15) is 5.82 Å². The molecule has 86 valence electrons. The molecule has 0 aliphatic rings. The fourth-order valence-corrected chi connectivity index (χ4v) is 1.18. The second-order valence-corrected chi connectivity index (χ2v) is 5.26. The Hall–Kier alpha value is -0.900. The molecule has 0 aromatic carbocycles. The van der Waals surface area contributed by atoms with E-state index < -0.39 is 0 Å². The first-order valence-electron chi connectivity index (χ1n) is 5.44. The van der Waals surface area contributed by atoms with Gasteiger partial charge in [0.25, 0.3) is 0 Å². The molecule has 15 heavy (non-hydrogen) atoms. The lowest BCUT2D eigenvalue weighted by molar-refractivity contribution is 0.537. The van der Waals surface area contributed by atoms with Crippen LogP contribution in [0.15, 0.2) is 0 Å². The van der Waals surface area contributed by atoms with Gasteiger partial charge >= 0.3 is 0 Å². The molecule has 0 saturated carbocycles. The molecule has 4 heteroatoms. The largest absolute Gasteiger partial charge is 0.308 e. The maximum Gasteiger partial charge on any atom is 0.156 e. The molecule has 0 fully saturated rings. The number of hydrogen-bond acceptors (Lipinski definition) is 3. The van der Waals surface area contributed by atoms with Gasteiger partial charge < -0.3 is 5.32 Å². The SMILES string of the molecule is CC(C)NCc1nc(C(C)(C)C)nn1C. The lowest BCUT2D eigenvalue weighted by Gasteiger charge is -2.12. The van der Waals surface area contributed by atoms with E-state index in [4.69, 9.17) is 0 Å². The standard InChI is InChI=1S/C11H22N4/c1-8(2)12-7-9-13-10(11(3,4)5)14-15(9)6/h8,12H,7H2,1-6H3. The van der Waals surface area contributed by atoms with Crippen molar-refractivity contribution in [2.24, 2.45) is 7.05 Å². The van der Waals surface area contributed by atoms with Crippen LogP contribution in [0.3, 0.4) is 0 Å². The van der Waals surface area contributed by atoms with E-state index in [0.29, 0.717) is 6.04 Å². The summed E-state index contributed by atoms with van der Waals surface area (Å²) in [5, 5.41) is 7.77. The van der Waals surface area contributed by atoms with Crippen LogP contribution < -0.4 is 5.32 Å². The van der Waals surface area contributed by atoms with Gasteiger partial charge in [0.05, 0.1) is 6.54 Å². The minimum atomic E-state index is 0.0217. The van der Waals surface area contributed by atoms with E-state index >= 15 is 0 Å². The van der Waals surface area contributed by atoms with Crippen LogP contribution in [-0.2, 0) is 19.0 Å². The fraction of sp³-hybridized carbons (Fsp3) is 0.818. The van der Waals surface area contributed by atoms with Crippen LogP contribution in [0, 0.1) is 0 Å². The first kappa shape index (κ1) is 12.2. The van der Waals surface area contributed by atoms with Crippen LogP contribution in [0.5, 0.6) is 0 Å². The Morgan fingerprint density at radius 2 is 1.93 bits per heavy atom. The molecule has 0 unspecified atom stereocenters. The van der Waals surface area contributed by atoms with Crippen molar-refractivity contribution in [2.75, 3.05) is 0 Å². The number of nitrogens with zero attached hydrogens (tertiary/aromatic N) is 3. The van der Waals surface area contributed by atoms with Gasteiger partial charge in [-0.15, -0.1) is 0 Å². The molecule has 0 aliphatic carbocycles. The van der Waals surface area contributed by atoms with Crippen molar-refractivity contribution in [3.05, 3.63) is 11.6 Å². The van der Waals surface area contributed by atoms with E-state index in [2.05, 4.69) is 50.0 Å². The zero-order valence-electron chi connectivity index (χ0n) is 10.6. The molecule has 0 atom stereocenters. The monoisotopic (exact) mass is 210 g/mol. The average Bonchev–Trinajstić information content (AvgIpc) is 2.42. The summed E-state index contributed by atoms with van der Waals surface area (Å²) in [5.74, 6) is 1.90. The summed E-state index contributed by atoms with van der Waals surface area (Å²) >= 11 is 0. The lowest BCUT2D eigenvalue weighted by Crippen LogP contribution is -2.23. The van der Waals surface area contributed by atoms with Crippen molar-refractivity contribution in [2.45, 2.75) is 52.6 Å². The predicted octanol–water partition coefficient (Wildman–Crippen LogP) is 1.61. The summed E-state index contributed by atoms with van der Waals surface area (Å²) in [6, 6.07) is 0.472. The van der Waals surface area contributed by atoms with Gasteiger partial charge in [-0.2, -0.15) is 5.10 Å². The Labute approximate surface area is 92.1 Å². The van der Waals surface area contributed by atoms with E-state index in [1.165, 1.54) is 0 Å². The number of aryl methyl sites for hydroxylation is 1. The normalized spacial score (nSPS) is 12.5. The molecule has 4 nitrogen and oxygen atoms in total. The van der Waals surface area contributed by atoms with Crippen LogP contribution in [0.4, 0.5) is 0 Å². The highest BCUT2D eigenvalue weighted by molar-refractivity contribution is 5.03. The van der Waals surface area contributed by atoms with Crippen molar-refractivity contribution in [3.8, 4) is 0 Å². The number of rotatable bonds is 3. The summed E-state index contributed by atoms with van der Waals surface area (Å²) in [6.07, 6.45) is 0. The van der Waals surface area contributed by atoms with Gasteiger partial charge in [0, 0.05) is 18.5 Å². The average molecular weight is 210 g/mol. The van der Waals surface area contributed by atoms with Crippen molar-refractivity contribution in [3.63, 3.8) is 0 Å². The summed E-state index contributed by atoms with van der Waals surface area (Å²) in [5.41, 5.74) is 0.0217. The molecular weight excluding hydrogens is 188 g/mol. The fourth-order valence-electron chi connectivity index (χ4n) is 1.18. The summed E-state index contributed by atoms with van der Waals surface area (Å²) in [7, 11) is 1.94. The van der Waals surface area contributed by atoms with E-state index in [1.807, 2.05) is 11.7 Å². The van der Waals surface area contributed by atoms with Crippen molar-refractivity contribution in [1.29, 1.82) is 0 Å². The first-order chi connectivity index (χ1) is 6.80. The Morgan fingerprint density at radius 1 is 1.33 bits per heavy atom. The highest BCUT2D eigenvalue weighted by atomic mass is 15.3. The molecule has 0 spiro atoms. The highest BCUT2D eigenvalue weighted by Crippen LogP contribution is 2.18. The third-order valence-electron chi connectivity index (χ3n) is 2.19. The first-order valence-corrected chi connectivity index (χ1v) is 5.44. The predicted molar refractivity (Wildman–Crippen MR) is 61.7 cm³/mol. The Morgan fingerprint density at radius 3 is 2.33 bits per heavy atom.